The molecule has 1 saturated carbocycles. The number of pyridine rings is 1. The van der Waals surface area contributed by atoms with Crippen molar-refractivity contribution in [3.63, 3.8) is 0 Å². The summed E-state index contributed by atoms with van der Waals surface area (Å²) in [7, 11) is 1.59. The minimum atomic E-state index is -0.189. The van der Waals surface area contributed by atoms with Crippen molar-refractivity contribution in [2.75, 3.05) is 31.1 Å². The van der Waals surface area contributed by atoms with Gasteiger partial charge in [-0.15, -0.1) is 0 Å². The van der Waals surface area contributed by atoms with Gasteiger partial charge in [-0.05, 0) is 31.0 Å². The van der Waals surface area contributed by atoms with Crippen LogP contribution < -0.4 is 10.5 Å². The third-order valence-electron chi connectivity index (χ3n) is 5.85. The Morgan fingerprint density at radius 2 is 1.76 bits per heavy atom. The van der Waals surface area contributed by atoms with Gasteiger partial charge in [0.2, 0.25) is 0 Å². The number of piperazine rings is 1. The van der Waals surface area contributed by atoms with Gasteiger partial charge in [0.05, 0.1) is 5.39 Å². The number of fused-ring (bicyclic) bond motifs is 1. The highest BCUT2D eigenvalue weighted by atomic mass is 16.2. The second-order valence-electron chi connectivity index (χ2n) is 7.82. The molecule has 3 heterocycles. The van der Waals surface area contributed by atoms with Crippen LogP contribution in [0.1, 0.15) is 34.9 Å². The van der Waals surface area contributed by atoms with Crippen LogP contribution in [0.15, 0.2) is 47.4 Å². The molecule has 2 aliphatic rings. The average Bonchev–Trinajstić information content (AvgIpc) is 3.62. The third kappa shape index (κ3) is 3.26. The van der Waals surface area contributed by atoms with E-state index >= 15 is 0 Å². The largest absolute Gasteiger partial charge is 0.368 e. The molecule has 0 bridgehead atoms. The van der Waals surface area contributed by atoms with Gasteiger partial charge < -0.3 is 9.80 Å². The number of nitrogens with zero attached hydrogens (tertiary/aromatic N) is 5. The lowest BCUT2D eigenvalue weighted by atomic mass is 10.1. The van der Waals surface area contributed by atoms with E-state index in [-0.39, 0.29) is 11.5 Å². The van der Waals surface area contributed by atoms with Crippen molar-refractivity contribution in [1.82, 2.24) is 19.7 Å². The zero-order chi connectivity index (χ0) is 20.0. The molecule has 0 atom stereocenters. The average molecular weight is 389 g/mol. The van der Waals surface area contributed by atoms with Crippen LogP contribution in [-0.2, 0) is 7.05 Å². The van der Waals surface area contributed by atoms with Crippen LogP contribution in [0.3, 0.4) is 0 Å². The lowest BCUT2D eigenvalue weighted by molar-refractivity contribution is 0.0740. The van der Waals surface area contributed by atoms with Crippen LogP contribution in [-0.4, -0.2) is 51.8 Å². The molecule has 0 N–H and O–H groups in total. The van der Waals surface area contributed by atoms with Gasteiger partial charge in [-0.2, -0.15) is 5.10 Å². The smallest absolute Gasteiger partial charge is 0.275 e. The molecule has 7 nitrogen and oxygen atoms in total. The minimum absolute atomic E-state index is 0.121. The summed E-state index contributed by atoms with van der Waals surface area (Å²) in [4.78, 5) is 34.2. The van der Waals surface area contributed by atoms with Gasteiger partial charge in [0.15, 0.2) is 5.69 Å². The molecule has 0 unspecified atom stereocenters. The third-order valence-corrected chi connectivity index (χ3v) is 5.85. The summed E-state index contributed by atoms with van der Waals surface area (Å²) in [6.07, 6.45) is 4.36. The van der Waals surface area contributed by atoms with Crippen molar-refractivity contribution in [3.8, 4) is 0 Å². The number of benzene rings is 1. The Morgan fingerprint density at radius 3 is 2.48 bits per heavy atom. The van der Waals surface area contributed by atoms with Crippen molar-refractivity contribution in [3.05, 3.63) is 64.3 Å². The number of carbonyl (C=O) groups is 1. The Bertz CT molecular complexity index is 1140. The quantitative estimate of drug-likeness (QED) is 0.687. The van der Waals surface area contributed by atoms with Crippen LogP contribution in [0, 0.1) is 0 Å². The molecule has 2 fully saturated rings. The van der Waals surface area contributed by atoms with E-state index < -0.39 is 0 Å². The lowest BCUT2D eigenvalue weighted by Crippen LogP contribution is -2.49. The van der Waals surface area contributed by atoms with Crippen LogP contribution in [0.4, 0.5) is 5.69 Å². The van der Waals surface area contributed by atoms with E-state index in [0.717, 1.165) is 13.1 Å². The standard InChI is InChI=1S/C22H23N5O2/c1-25-21(28)18-5-3-2-4-17(18)20(24-25)22(29)27-12-10-26(11-13-27)16-8-9-23-19(14-16)15-6-7-15/h2-5,8-9,14-15H,6-7,10-13H2,1H3. The van der Waals surface area contributed by atoms with Crippen molar-refractivity contribution >= 4 is 22.4 Å². The summed E-state index contributed by atoms with van der Waals surface area (Å²) < 4.78 is 1.25. The predicted octanol–water partition coefficient (Wildman–Crippen LogP) is 2.17. The number of aryl methyl sites for hydroxylation is 1. The van der Waals surface area contributed by atoms with E-state index in [1.165, 1.54) is 28.9 Å². The molecule has 0 spiro atoms. The summed E-state index contributed by atoms with van der Waals surface area (Å²) in [6.45, 7) is 2.78. The fourth-order valence-corrected chi connectivity index (χ4v) is 4.01. The summed E-state index contributed by atoms with van der Waals surface area (Å²) in [5, 5.41) is 5.42. The van der Waals surface area contributed by atoms with Gasteiger partial charge in [0.1, 0.15) is 0 Å². The number of carbonyl (C=O) groups excluding carboxylic acids is 1. The Hall–Kier alpha value is -3.22. The highest BCUT2D eigenvalue weighted by Gasteiger charge is 2.28. The van der Waals surface area contributed by atoms with Gasteiger partial charge in [-0.25, -0.2) is 4.68 Å². The van der Waals surface area contributed by atoms with Crippen LogP contribution in [0.5, 0.6) is 0 Å². The first-order chi connectivity index (χ1) is 14.1. The van der Waals surface area contributed by atoms with Gasteiger partial charge >= 0.3 is 0 Å². The second kappa shape index (κ2) is 6.99. The first-order valence-corrected chi connectivity index (χ1v) is 10.1. The first-order valence-electron chi connectivity index (χ1n) is 10.1. The molecule has 1 aliphatic carbocycles. The Kier molecular flexibility index (Phi) is 4.30. The van der Waals surface area contributed by atoms with E-state index in [9.17, 15) is 9.59 Å². The fraction of sp³-hybridized carbons (Fsp3) is 0.364. The molecule has 1 aliphatic heterocycles. The van der Waals surface area contributed by atoms with Gasteiger partial charge in [-0.1, -0.05) is 18.2 Å². The normalized spacial score (nSPS) is 17.0. The summed E-state index contributed by atoms with van der Waals surface area (Å²) >= 11 is 0. The maximum absolute atomic E-state index is 13.2. The molecule has 148 valence electrons. The van der Waals surface area contributed by atoms with Crippen molar-refractivity contribution in [2.24, 2.45) is 7.05 Å². The maximum Gasteiger partial charge on any atom is 0.275 e. The van der Waals surface area contributed by atoms with E-state index in [1.807, 2.05) is 23.2 Å². The zero-order valence-electron chi connectivity index (χ0n) is 16.4. The van der Waals surface area contributed by atoms with Gasteiger partial charge in [-0.3, -0.25) is 14.6 Å². The SMILES string of the molecule is Cn1nc(C(=O)N2CCN(c3ccnc(C4CC4)c3)CC2)c2ccccc2c1=O. The molecule has 1 amide bonds. The number of anilines is 1. The number of hydrogen-bond donors (Lipinski definition) is 0. The number of amides is 1. The van der Waals surface area contributed by atoms with Crippen LogP contribution in [0.2, 0.25) is 0 Å². The van der Waals surface area contributed by atoms with Gasteiger partial charge in [0, 0.05) is 62.1 Å². The molecule has 2 aromatic heterocycles. The highest BCUT2D eigenvalue weighted by molar-refractivity contribution is 6.04. The molecule has 1 aromatic carbocycles. The number of aromatic nitrogens is 3. The second-order valence-corrected chi connectivity index (χ2v) is 7.82. The monoisotopic (exact) mass is 389 g/mol. The highest BCUT2D eigenvalue weighted by Crippen LogP contribution is 2.39. The van der Waals surface area contributed by atoms with E-state index in [4.69, 9.17) is 0 Å². The van der Waals surface area contributed by atoms with Crippen molar-refractivity contribution in [2.45, 2.75) is 18.8 Å². The topological polar surface area (TPSA) is 71.3 Å². The molecule has 0 radical (unpaired) electrons. The van der Waals surface area contributed by atoms with Crippen LogP contribution >= 0.6 is 0 Å². The van der Waals surface area contributed by atoms with Crippen LogP contribution in [0.25, 0.3) is 10.8 Å². The molecular weight excluding hydrogens is 366 g/mol. The molecule has 5 rings (SSSR count). The summed E-state index contributed by atoms with van der Waals surface area (Å²) in [5.41, 5.74) is 2.52. The Balaban J connectivity index is 1.36. The molecule has 1 saturated heterocycles. The van der Waals surface area contributed by atoms with E-state index in [0.29, 0.717) is 35.5 Å². The van der Waals surface area contributed by atoms with Crippen molar-refractivity contribution < 1.29 is 4.79 Å². The molecule has 29 heavy (non-hydrogen) atoms. The van der Waals surface area contributed by atoms with E-state index in [1.54, 1.807) is 25.2 Å². The maximum atomic E-state index is 13.2. The number of rotatable bonds is 3. The fourth-order valence-electron chi connectivity index (χ4n) is 4.01. The summed E-state index contributed by atoms with van der Waals surface area (Å²) in [6, 6.07) is 11.4. The molecular formula is C22H23N5O2. The Morgan fingerprint density at radius 1 is 1.03 bits per heavy atom. The zero-order valence-corrected chi connectivity index (χ0v) is 16.4. The summed E-state index contributed by atoms with van der Waals surface area (Å²) in [5.74, 6) is 0.506. The Labute approximate surface area is 168 Å². The number of hydrogen-bond acceptors (Lipinski definition) is 5. The van der Waals surface area contributed by atoms with Crippen molar-refractivity contribution in [1.29, 1.82) is 0 Å². The first kappa shape index (κ1) is 17.8. The minimum Gasteiger partial charge on any atom is -0.368 e. The predicted molar refractivity (Wildman–Crippen MR) is 111 cm³/mol. The van der Waals surface area contributed by atoms with Gasteiger partial charge in [0.25, 0.3) is 11.5 Å². The molecule has 3 aromatic rings. The molecule has 7 heteroatoms. The van der Waals surface area contributed by atoms with E-state index in [2.05, 4.69) is 21.0 Å². The lowest BCUT2D eigenvalue weighted by Gasteiger charge is -2.36.